The molecule has 44 heavy (non-hydrogen) atoms. The highest BCUT2D eigenvalue weighted by molar-refractivity contribution is 5.99. The molecule has 2 atom stereocenters. The van der Waals surface area contributed by atoms with E-state index < -0.39 is 29.3 Å². The van der Waals surface area contributed by atoms with Crippen LogP contribution in [0.4, 0.5) is 10.5 Å². The number of aryl methyl sites for hydroxylation is 2. The standard InChI is InChI=1S/C36H47N3O5/c1-10-36(7,8)39(33(41)30(23-26-14-12-11-13-15-26)38-34(42)44-35(4,5)6)31(29-21-16-24(2)22-25(29)3)32(40)37-27-17-19-28(43-9)20-18-27/h11-22,30-31H,10,23H2,1-9H3,(H,37,40)(H,38,42). The van der Waals surface area contributed by atoms with Crippen LogP contribution in [0.3, 0.4) is 0 Å². The maximum Gasteiger partial charge on any atom is 0.408 e. The lowest BCUT2D eigenvalue weighted by atomic mass is 9.89. The first-order chi connectivity index (χ1) is 20.6. The maximum absolute atomic E-state index is 14.8. The summed E-state index contributed by atoms with van der Waals surface area (Å²) in [5, 5.41) is 5.86. The average Bonchev–Trinajstić information content (AvgIpc) is 2.95. The van der Waals surface area contributed by atoms with E-state index in [0.717, 1.165) is 16.7 Å². The SMILES string of the molecule is CCC(C)(C)N(C(=O)C(Cc1ccccc1)NC(=O)OC(C)(C)C)C(C(=O)Nc1ccc(OC)cc1)c1ccc(C)cc1C. The molecule has 0 saturated carbocycles. The van der Waals surface area contributed by atoms with Gasteiger partial charge >= 0.3 is 6.09 Å². The number of nitrogens with zero attached hydrogens (tertiary/aromatic N) is 1. The number of hydrogen-bond donors (Lipinski definition) is 2. The van der Waals surface area contributed by atoms with Crippen LogP contribution < -0.4 is 15.4 Å². The van der Waals surface area contributed by atoms with Crippen molar-refractivity contribution in [2.24, 2.45) is 0 Å². The van der Waals surface area contributed by atoms with Gasteiger partial charge in [0.1, 0.15) is 23.4 Å². The Morgan fingerprint density at radius 2 is 1.52 bits per heavy atom. The summed E-state index contributed by atoms with van der Waals surface area (Å²) < 4.78 is 10.8. The van der Waals surface area contributed by atoms with Crippen molar-refractivity contribution in [2.45, 2.75) is 91.5 Å². The first-order valence-corrected chi connectivity index (χ1v) is 15.0. The zero-order valence-electron chi connectivity index (χ0n) is 27.5. The Labute approximate surface area is 262 Å². The number of rotatable bonds is 11. The molecule has 2 unspecified atom stereocenters. The van der Waals surface area contributed by atoms with E-state index in [9.17, 15) is 14.4 Å². The van der Waals surface area contributed by atoms with E-state index in [4.69, 9.17) is 9.47 Å². The van der Waals surface area contributed by atoms with E-state index in [1.165, 1.54) is 0 Å². The molecule has 3 rings (SSSR count). The molecule has 0 bridgehead atoms. The number of methoxy groups -OCH3 is 1. The van der Waals surface area contributed by atoms with Crippen LogP contribution in [-0.2, 0) is 20.7 Å². The van der Waals surface area contributed by atoms with Crippen molar-refractivity contribution in [3.63, 3.8) is 0 Å². The molecule has 8 heteroatoms. The van der Waals surface area contributed by atoms with Crippen LogP contribution in [0.15, 0.2) is 72.8 Å². The van der Waals surface area contributed by atoms with Gasteiger partial charge in [0, 0.05) is 17.6 Å². The predicted octanol–water partition coefficient (Wildman–Crippen LogP) is 7.15. The smallest absolute Gasteiger partial charge is 0.408 e. The summed E-state index contributed by atoms with van der Waals surface area (Å²) in [4.78, 5) is 43.9. The third kappa shape index (κ3) is 9.09. The summed E-state index contributed by atoms with van der Waals surface area (Å²) in [6.45, 7) is 15.1. The van der Waals surface area contributed by atoms with Gasteiger partial charge in [-0.15, -0.1) is 0 Å². The molecule has 0 spiro atoms. The number of carbonyl (C=O) groups is 3. The predicted molar refractivity (Wildman–Crippen MR) is 175 cm³/mol. The van der Waals surface area contributed by atoms with Gasteiger partial charge in [-0.25, -0.2) is 4.79 Å². The minimum absolute atomic E-state index is 0.217. The lowest BCUT2D eigenvalue weighted by Gasteiger charge is -2.45. The molecule has 0 radical (unpaired) electrons. The van der Waals surface area contributed by atoms with E-state index in [-0.39, 0.29) is 18.2 Å². The van der Waals surface area contributed by atoms with Gasteiger partial charge in [0.2, 0.25) is 5.91 Å². The van der Waals surface area contributed by atoms with Crippen LogP contribution in [0.1, 0.15) is 76.3 Å². The number of nitrogens with one attached hydrogen (secondary N) is 2. The summed E-state index contributed by atoms with van der Waals surface area (Å²) in [5.74, 6) is -0.0936. The van der Waals surface area contributed by atoms with Crippen molar-refractivity contribution in [1.29, 1.82) is 0 Å². The molecule has 236 valence electrons. The van der Waals surface area contributed by atoms with E-state index >= 15 is 0 Å². The fraction of sp³-hybridized carbons (Fsp3) is 0.417. The second-order valence-corrected chi connectivity index (χ2v) is 12.7. The molecule has 0 aliphatic carbocycles. The van der Waals surface area contributed by atoms with Crippen molar-refractivity contribution in [3.05, 3.63) is 95.1 Å². The third-order valence-corrected chi connectivity index (χ3v) is 7.61. The van der Waals surface area contributed by atoms with Crippen molar-refractivity contribution in [3.8, 4) is 5.75 Å². The van der Waals surface area contributed by atoms with Crippen LogP contribution >= 0.6 is 0 Å². The van der Waals surface area contributed by atoms with E-state index in [1.54, 1.807) is 57.0 Å². The van der Waals surface area contributed by atoms with E-state index in [1.807, 2.05) is 83.1 Å². The highest BCUT2D eigenvalue weighted by Crippen LogP contribution is 2.35. The third-order valence-electron chi connectivity index (χ3n) is 7.61. The molecule has 0 aliphatic rings. The monoisotopic (exact) mass is 601 g/mol. The molecule has 0 aliphatic heterocycles. The van der Waals surface area contributed by atoms with Crippen LogP contribution in [0.2, 0.25) is 0 Å². The first-order valence-electron chi connectivity index (χ1n) is 15.0. The number of benzene rings is 3. The molecule has 0 heterocycles. The Balaban J connectivity index is 2.16. The number of amides is 3. The van der Waals surface area contributed by atoms with Crippen LogP contribution in [-0.4, -0.2) is 47.1 Å². The normalized spacial score (nSPS) is 12.9. The second kappa shape index (κ2) is 14.4. The van der Waals surface area contributed by atoms with Gasteiger partial charge in [-0.3, -0.25) is 9.59 Å². The van der Waals surface area contributed by atoms with Crippen LogP contribution in [0, 0.1) is 13.8 Å². The highest BCUT2D eigenvalue weighted by Gasteiger charge is 2.43. The number of ether oxygens (including phenoxy) is 2. The van der Waals surface area contributed by atoms with Gasteiger partial charge in [0.15, 0.2) is 0 Å². The molecule has 3 amide bonds. The second-order valence-electron chi connectivity index (χ2n) is 12.7. The molecule has 3 aromatic rings. The zero-order chi connectivity index (χ0) is 32.7. The molecule has 0 saturated heterocycles. The lowest BCUT2D eigenvalue weighted by Crippen LogP contribution is -2.59. The minimum Gasteiger partial charge on any atom is -0.497 e. The zero-order valence-corrected chi connectivity index (χ0v) is 27.5. The average molecular weight is 602 g/mol. The molecule has 8 nitrogen and oxygen atoms in total. The number of hydrogen-bond acceptors (Lipinski definition) is 5. The summed E-state index contributed by atoms with van der Waals surface area (Å²) in [5.41, 5.74) is 2.52. The van der Waals surface area contributed by atoms with Gasteiger partial charge in [0.05, 0.1) is 7.11 Å². The van der Waals surface area contributed by atoms with Crippen molar-refractivity contribution >= 4 is 23.6 Å². The fourth-order valence-corrected chi connectivity index (χ4v) is 5.03. The number of anilines is 1. The van der Waals surface area contributed by atoms with Gasteiger partial charge in [-0.1, -0.05) is 61.0 Å². The Hall–Kier alpha value is -4.33. The number of alkyl carbamates (subject to hydrolysis) is 1. The summed E-state index contributed by atoms with van der Waals surface area (Å²) in [7, 11) is 1.58. The molecular weight excluding hydrogens is 554 g/mol. The Kier molecular flexibility index (Phi) is 11.2. The first kappa shape index (κ1) is 34.2. The van der Waals surface area contributed by atoms with Gasteiger partial charge in [-0.05, 0) is 95.8 Å². The van der Waals surface area contributed by atoms with E-state index in [0.29, 0.717) is 23.4 Å². The highest BCUT2D eigenvalue weighted by atomic mass is 16.6. The summed E-state index contributed by atoms with van der Waals surface area (Å²) >= 11 is 0. The van der Waals surface area contributed by atoms with E-state index in [2.05, 4.69) is 10.6 Å². The molecule has 0 aromatic heterocycles. The van der Waals surface area contributed by atoms with Gasteiger partial charge in [0.25, 0.3) is 5.91 Å². The molecule has 0 fully saturated rings. The minimum atomic E-state index is -1.00. The fourth-order valence-electron chi connectivity index (χ4n) is 5.03. The lowest BCUT2D eigenvalue weighted by molar-refractivity contribution is -0.147. The van der Waals surface area contributed by atoms with Crippen molar-refractivity contribution in [1.82, 2.24) is 10.2 Å². The topological polar surface area (TPSA) is 97.0 Å². The molecule has 2 N–H and O–H groups in total. The number of carbonyl (C=O) groups excluding carboxylic acids is 3. The molecule has 3 aromatic carbocycles. The maximum atomic E-state index is 14.8. The summed E-state index contributed by atoms with van der Waals surface area (Å²) in [6.07, 6.45) is 0.0711. The van der Waals surface area contributed by atoms with Crippen molar-refractivity contribution in [2.75, 3.05) is 12.4 Å². The summed E-state index contributed by atoms with van der Waals surface area (Å²) in [6, 6.07) is 20.4. The largest absolute Gasteiger partial charge is 0.497 e. The molecular formula is C36H47N3O5. The Morgan fingerprint density at radius 3 is 2.07 bits per heavy atom. The quantitative estimate of drug-likeness (QED) is 0.243. The van der Waals surface area contributed by atoms with Crippen LogP contribution in [0.25, 0.3) is 0 Å². The van der Waals surface area contributed by atoms with Crippen molar-refractivity contribution < 1.29 is 23.9 Å². The Morgan fingerprint density at radius 1 is 0.886 bits per heavy atom. The Bertz CT molecular complexity index is 1430. The van der Waals surface area contributed by atoms with Crippen LogP contribution in [0.5, 0.6) is 5.75 Å². The van der Waals surface area contributed by atoms with Gasteiger partial charge < -0.3 is 25.0 Å². The van der Waals surface area contributed by atoms with Gasteiger partial charge in [-0.2, -0.15) is 0 Å².